The lowest BCUT2D eigenvalue weighted by molar-refractivity contribution is -0.123. The second-order valence-electron chi connectivity index (χ2n) is 4.86. The molecule has 5 heteroatoms. The lowest BCUT2D eigenvalue weighted by atomic mass is 10.1. The van der Waals surface area contributed by atoms with Gasteiger partial charge in [0, 0.05) is 6.54 Å². The molecule has 104 valence electrons. The summed E-state index contributed by atoms with van der Waals surface area (Å²) in [5, 5.41) is 12.7. The smallest absolute Gasteiger partial charge is 0.257 e. The fraction of sp³-hybridized carbons (Fsp3) is 0.500. The third-order valence-corrected chi connectivity index (χ3v) is 3.61. The highest BCUT2D eigenvalue weighted by molar-refractivity contribution is 6.32. The van der Waals surface area contributed by atoms with E-state index in [1.54, 1.807) is 24.3 Å². The molecule has 2 unspecified atom stereocenters. The van der Waals surface area contributed by atoms with Gasteiger partial charge in [0.15, 0.2) is 6.61 Å². The number of hydrogen-bond acceptors (Lipinski definition) is 3. The van der Waals surface area contributed by atoms with Gasteiger partial charge < -0.3 is 15.2 Å². The van der Waals surface area contributed by atoms with Crippen molar-refractivity contribution in [2.24, 2.45) is 5.92 Å². The van der Waals surface area contributed by atoms with Crippen molar-refractivity contribution in [2.45, 2.75) is 25.4 Å². The van der Waals surface area contributed by atoms with Crippen LogP contribution in [0.15, 0.2) is 24.3 Å². The van der Waals surface area contributed by atoms with Crippen molar-refractivity contribution >= 4 is 17.5 Å². The molecule has 0 aromatic heterocycles. The predicted molar refractivity (Wildman–Crippen MR) is 73.3 cm³/mol. The van der Waals surface area contributed by atoms with Crippen LogP contribution in [0.3, 0.4) is 0 Å². The minimum atomic E-state index is -0.207. The van der Waals surface area contributed by atoms with E-state index in [9.17, 15) is 9.90 Å². The van der Waals surface area contributed by atoms with Crippen molar-refractivity contribution in [3.05, 3.63) is 29.3 Å². The van der Waals surface area contributed by atoms with Gasteiger partial charge in [-0.1, -0.05) is 23.7 Å². The van der Waals surface area contributed by atoms with Gasteiger partial charge in [0.2, 0.25) is 0 Å². The van der Waals surface area contributed by atoms with Crippen molar-refractivity contribution in [3.63, 3.8) is 0 Å². The van der Waals surface area contributed by atoms with Gasteiger partial charge >= 0.3 is 0 Å². The molecule has 0 radical (unpaired) electrons. The number of amides is 1. The number of rotatable bonds is 5. The zero-order chi connectivity index (χ0) is 13.7. The zero-order valence-electron chi connectivity index (χ0n) is 10.6. The van der Waals surface area contributed by atoms with E-state index in [2.05, 4.69) is 5.32 Å². The van der Waals surface area contributed by atoms with E-state index in [1.807, 2.05) is 0 Å². The molecule has 1 aromatic carbocycles. The Kier molecular flexibility index (Phi) is 5.05. The van der Waals surface area contributed by atoms with Crippen LogP contribution < -0.4 is 10.1 Å². The van der Waals surface area contributed by atoms with Gasteiger partial charge in [-0.2, -0.15) is 0 Å². The molecule has 2 rings (SSSR count). The molecule has 1 aliphatic carbocycles. The van der Waals surface area contributed by atoms with Gasteiger partial charge in [0.25, 0.3) is 5.91 Å². The SMILES string of the molecule is O=C(COc1ccccc1Cl)NCC1CCC(O)C1. The molecular formula is C14H18ClNO3. The number of para-hydroxylation sites is 1. The number of carbonyl (C=O) groups excluding carboxylic acids is 1. The number of nitrogens with one attached hydrogen (secondary N) is 1. The van der Waals surface area contributed by atoms with E-state index in [0.29, 0.717) is 23.2 Å². The van der Waals surface area contributed by atoms with Crippen molar-refractivity contribution in [1.82, 2.24) is 5.32 Å². The fourth-order valence-electron chi connectivity index (χ4n) is 2.25. The second kappa shape index (κ2) is 6.78. The standard InChI is InChI=1S/C14H18ClNO3/c15-12-3-1-2-4-13(12)19-9-14(18)16-8-10-5-6-11(17)7-10/h1-4,10-11,17H,5-9H2,(H,16,18). The third kappa shape index (κ3) is 4.40. The first kappa shape index (κ1) is 14.2. The van der Waals surface area contributed by atoms with Crippen molar-refractivity contribution in [3.8, 4) is 5.75 Å². The largest absolute Gasteiger partial charge is 0.482 e. The Balaban J connectivity index is 1.69. The Bertz CT molecular complexity index is 438. The molecule has 0 heterocycles. The molecule has 2 N–H and O–H groups in total. The Labute approximate surface area is 117 Å². The maximum atomic E-state index is 11.6. The minimum Gasteiger partial charge on any atom is -0.482 e. The van der Waals surface area contributed by atoms with Gasteiger partial charge in [0.1, 0.15) is 5.75 Å². The lowest BCUT2D eigenvalue weighted by Gasteiger charge is -2.12. The van der Waals surface area contributed by atoms with Crippen LogP contribution in [0.4, 0.5) is 0 Å². The average Bonchev–Trinajstić information content (AvgIpc) is 2.81. The van der Waals surface area contributed by atoms with Gasteiger partial charge in [-0.3, -0.25) is 4.79 Å². The summed E-state index contributed by atoms with van der Waals surface area (Å²) in [5.74, 6) is 0.719. The summed E-state index contributed by atoms with van der Waals surface area (Å²) in [4.78, 5) is 11.6. The van der Waals surface area contributed by atoms with Gasteiger partial charge in [0.05, 0.1) is 11.1 Å². The normalized spacial score (nSPS) is 22.2. The molecule has 1 aliphatic rings. The first-order valence-electron chi connectivity index (χ1n) is 6.47. The van der Waals surface area contributed by atoms with Crippen molar-refractivity contribution < 1.29 is 14.6 Å². The van der Waals surface area contributed by atoms with Crippen LogP contribution in [0, 0.1) is 5.92 Å². The van der Waals surface area contributed by atoms with Gasteiger partial charge in [-0.05, 0) is 37.3 Å². The molecule has 1 amide bonds. The molecule has 1 saturated carbocycles. The van der Waals surface area contributed by atoms with Crippen LogP contribution in [0.25, 0.3) is 0 Å². The van der Waals surface area contributed by atoms with E-state index in [0.717, 1.165) is 19.3 Å². The fourth-order valence-corrected chi connectivity index (χ4v) is 2.44. The maximum absolute atomic E-state index is 11.6. The van der Waals surface area contributed by atoms with Crippen LogP contribution >= 0.6 is 11.6 Å². The predicted octanol–water partition coefficient (Wildman–Crippen LogP) is 2.00. The number of ether oxygens (including phenoxy) is 1. The topological polar surface area (TPSA) is 58.6 Å². The van der Waals surface area contributed by atoms with E-state index in [1.165, 1.54) is 0 Å². The van der Waals surface area contributed by atoms with Crippen LogP contribution in [-0.4, -0.2) is 30.3 Å². The van der Waals surface area contributed by atoms with Crippen LogP contribution in [-0.2, 0) is 4.79 Å². The molecule has 0 bridgehead atoms. The Morgan fingerprint density at radius 2 is 2.21 bits per heavy atom. The summed E-state index contributed by atoms with van der Waals surface area (Å²) in [5.41, 5.74) is 0. The highest BCUT2D eigenvalue weighted by atomic mass is 35.5. The lowest BCUT2D eigenvalue weighted by Crippen LogP contribution is -2.32. The molecule has 0 aliphatic heterocycles. The number of carbonyl (C=O) groups is 1. The minimum absolute atomic E-state index is 0.0427. The molecule has 2 atom stereocenters. The highest BCUT2D eigenvalue weighted by Crippen LogP contribution is 2.24. The first-order chi connectivity index (χ1) is 9.15. The number of hydrogen-bond donors (Lipinski definition) is 2. The van der Waals surface area contributed by atoms with E-state index >= 15 is 0 Å². The summed E-state index contributed by atoms with van der Waals surface area (Å²) in [7, 11) is 0. The second-order valence-corrected chi connectivity index (χ2v) is 5.26. The molecular weight excluding hydrogens is 266 g/mol. The third-order valence-electron chi connectivity index (χ3n) is 3.30. The first-order valence-corrected chi connectivity index (χ1v) is 6.85. The van der Waals surface area contributed by atoms with Gasteiger partial charge in [-0.15, -0.1) is 0 Å². The van der Waals surface area contributed by atoms with Crippen LogP contribution in [0.2, 0.25) is 5.02 Å². The number of aliphatic hydroxyl groups is 1. The monoisotopic (exact) mass is 283 g/mol. The van der Waals surface area contributed by atoms with Crippen LogP contribution in [0.5, 0.6) is 5.75 Å². The average molecular weight is 284 g/mol. The molecule has 4 nitrogen and oxygen atoms in total. The number of aliphatic hydroxyl groups excluding tert-OH is 1. The number of benzene rings is 1. The summed E-state index contributed by atoms with van der Waals surface area (Å²) in [6.07, 6.45) is 2.36. The molecule has 1 fully saturated rings. The van der Waals surface area contributed by atoms with Crippen molar-refractivity contribution in [2.75, 3.05) is 13.2 Å². The summed E-state index contributed by atoms with van der Waals surface area (Å²) in [6, 6.07) is 7.05. The summed E-state index contributed by atoms with van der Waals surface area (Å²) < 4.78 is 5.34. The molecule has 19 heavy (non-hydrogen) atoms. The zero-order valence-corrected chi connectivity index (χ0v) is 11.4. The van der Waals surface area contributed by atoms with Gasteiger partial charge in [-0.25, -0.2) is 0 Å². The Morgan fingerprint density at radius 1 is 1.42 bits per heavy atom. The molecule has 0 spiro atoms. The molecule has 0 saturated heterocycles. The Hall–Kier alpha value is -1.26. The number of halogens is 1. The summed E-state index contributed by atoms with van der Waals surface area (Å²) >= 11 is 5.92. The van der Waals surface area contributed by atoms with E-state index in [4.69, 9.17) is 16.3 Å². The Morgan fingerprint density at radius 3 is 2.89 bits per heavy atom. The van der Waals surface area contributed by atoms with E-state index < -0.39 is 0 Å². The van der Waals surface area contributed by atoms with E-state index in [-0.39, 0.29) is 18.6 Å². The quantitative estimate of drug-likeness (QED) is 0.869. The van der Waals surface area contributed by atoms with Crippen LogP contribution in [0.1, 0.15) is 19.3 Å². The van der Waals surface area contributed by atoms with Crippen molar-refractivity contribution in [1.29, 1.82) is 0 Å². The highest BCUT2D eigenvalue weighted by Gasteiger charge is 2.22. The molecule has 1 aromatic rings. The maximum Gasteiger partial charge on any atom is 0.257 e. The summed E-state index contributed by atoms with van der Waals surface area (Å²) in [6.45, 7) is 0.556.